The molecule has 2 N–H and O–H groups in total. The Hall–Kier alpha value is -1.61. The molecule has 156 valence electrons. The van der Waals surface area contributed by atoms with Gasteiger partial charge < -0.3 is 19.8 Å². The molecule has 0 saturated carbocycles. The molecule has 1 aromatic heterocycles. The van der Waals surface area contributed by atoms with Crippen molar-refractivity contribution in [1.29, 1.82) is 0 Å². The van der Waals surface area contributed by atoms with E-state index in [0.29, 0.717) is 31.5 Å². The van der Waals surface area contributed by atoms with Crippen LogP contribution in [-0.2, 0) is 29.8 Å². The zero-order valence-electron chi connectivity index (χ0n) is 17.7. The fourth-order valence-electron chi connectivity index (χ4n) is 2.32. The summed E-state index contributed by atoms with van der Waals surface area (Å²) in [5.74, 6) is 2.24. The number of hydrogen-bond acceptors (Lipinski definition) is 4. The highest BCUT2D eigenvalue weighted by Crippen LogP contribution is 2.22. The van der Waals surface area contributed by atoms with Crippen molar-refractivity contribution in [2.45, 2.75) is 65.8 Å². The summed E-state index contributed by atoms with van der Waals surface area (Å²) in [5.41, 5.74) is 2.31. The summed E-state index contributed by atoms with van der Waals surface area (Å²) in [6.07, 6.45) is 2.03. The molecule has 1 heterocycles. The van der Waals surface area contributed by atoms with Crippen molar-refractivity contribution in [1.82, 2.24) is 15.6 Å². The van der Waals surface area contributed by atoms with Gasteiger partial charge in [0.1, 0.15) is 5.76 Å². The largest absolute Gasteiger partial charge is 0.443 e. The van der Waals surface area contributed by atoms with E-state index in [-0.39, 0.29) is 35.5 Å². The summed E-state index contributed by atoms with van der Waals surface area (Å²) < 4.78 is 11.4. The van der Waals surface area contributed by atoms with Gasteiger partial charge in [0, 0.05) is 19.0 Å². The second kappa shape index (κ2) is 11.4. The first-order chi connectivity index (χ1) is 12.8. The minimum atomic E-state index is -0.0441. The average Bonchev–Trinajstić information content (AvgIpc) is 3.10. The molecule has 7 heteroatoms. The lowest BCUT2D eigenvalue weighted by Gasteiger charge is -2.13. The SMILES string of the molecule is CN=C(NCc1ccc(COC(C)C)cc1)NCc1ncc(C(C)(C)C)o1.I. The van der Waals surface area contributed by atoms with Gasteiger partial charge >= 0.3 is 0 Å². The topological polar surface area (TPSA) is 71.7 Å². The van der Waals surface area contributed by atoms with E-state index >= 15 is 0 Å². The van der Waals surface area contributed by atoms with E-state index < -0.39 is 0 Å². The van der Waals surface area contributed by atoms with Crippen molar-refractivity contribution < 1.29 is 9.15 Å². The van der Waals surface area contributed by atoms with Crippen molar-refractivity contribution >= 4 is 29.9 Å². The summed E-state index contributed by atoms with van der Waals surface area (Å²) in [5, 5.41) is 6.53. The van der Waals surface area contributed by atoms with Crippen molar-refractivity contribution in [3.05, 3.63) is 53.2 Å². The molecule has 0 radical (unpaired) electrons. The molecule has 0 atom stereocenters. The van der Waals surface area contributed by atoms with Crippen LogP contribution >= 0.6 is 24.0 Å². The van der Waals surface area contributed by atoms with Crippen LogP contribution in [0.25, 0.3) is 0 Å². The molecule has 0 saturated heterocycles. The summed E-state index contributed by atoms with van der Waals surface area (Å²) in [4.78, 5) is 8.57. The summed E-state index contributed by atoms with van der Waals surface area (Å²) in [6.45, 7) is 12.2. The van der Waals surface area contributed by atoms with Crippen LogP contribution in [0.15, 0.2) is 39.9 Å². The fourth-order valence-corrected chi connectivity index (χ4v) is 2.32. The van der Waals surface area contributed by atoms with Crippen LogP contribution in [0.5, 0.6) is 0 Å². The fraction of sp³-hybridized carbons (Fsp3) is 0.524. The lowest BCUT2D eigenvalue weighted by molar-refractivity contribution is 0.0657. The highest BCUT2D eigenvalue weighted by atomic mass is 127. The number of benzene rings is 1. The zero-order valence-corrected chi connectivity index (χ0v) is 20.0. The maximum absolute atomic E-state index is 5.79. The third kappa shape index (κ3) is 8.18. The second-order valence-corrected chi connectivity index (χ2v) is 7.82. The Labute approximate surface area is 185 Å². The molecule has 0 spiro atoms. The summed E-state index contributed by atoms with van der Waals surface area (Å²) >= 11 is 0. The molecular formula is C21H33IN4O2. The van der Waals surface area contributed by atoms with Crippen molar-refractivity contribution in [3.8, 4) is 0 Å². The van der Waals surface area contributed by atoms with Crippen LogP contribution in [0.3, 0.4) is 0 Å². The lowest BCUT2D eigenvalue weighted by atomic mass is 9.94. The van der Waals surface area contributed by atoms with E-state index in [2.05, 4.69) is 65.6 Å². The number of aliphatic imine (C=N–C) groups is 1. The van der Waals surface area contributed by atoms with E-state index in [4.69, 9.17) is 9.15 Å². The monoisotopic (exact) mass is 500 g/mol. The molecule has 0 aliphatic carbocycles. The highest BCUT2D eigenvalue weighted by Gasteiger charge is 2.19. The zero-order chi connectivity index (χ0) is 19.9. The van der Waals surface area contributed by atoms with Crippen LogP contribution in [0.4, 0.5) is 0 Å². The standard InChI is InChI=1S/C21H32N4O2.HI/c1-15(2)26-14-17-9-7-16(8-10-17)11-24-20(22-6)25-13-19-23-12-18(27-19)21(3,4)5;/h7-10,12,15H,11,13-14H2,1-6H3,(H2,22,24,25);1H. The number of ether oxygens (including phenoxy) is 1. The van der Waals surface area contributed by atoms with Crippen molar-refractivity contribution in [2.75, 3.05) is 7.05 Å². The van der Waals surface area contributed by atoms with Gasteiger partial charge in [-0.15, -0.1) is 24.0 Å². The molecular weight excluding hydrogens is 467 g/mol. The maximum Gasteiger partial charge on any atom is 0.213 e. The van der Waals surface area contributed by atoms with Gasteiger partial charge in [0.05, 0.1) is 25.5 Å². The normalized spacial score (nSPS) is 12.0. The van der Waals surface area contributed by atoms with Gasteiger partial charge in [-0.3, -0.25) is 4.99 Å². The van der Waals surface area contributed by atoms with E-state index in [1.807, 2.05) is 13.8 Å². The first-order valence-corrected chi connectivity index (χ1v) is 9.37. The molecule has 0 bridgehead atoms. The van der Waals surface area contributed by atoms with E-state index in [0.717, 1.165) is 5.76 Å². The Kier molecular flexibility index (Phi) is 9.95. The Morgan fingerprint density at radius 1 is 1.11 bits per heavy atom. The van der Waals surface area contributed by atoms with Gasteiger partial charge in [-0.25, -0.2) is 4.98 Å². The summed E-state index contributed by atoms with van der Waals surface area (Å²) in [7, 11) is 1.75. The molecule has 2 rings (SSSR count). The Morgan fingerprint density at radius 2 is 1.71 bits per heavy atom. The molecule has 1 aromatic carbocycles. The molecule has 0 aliphatic heterocycles. The average molecular weight is 500 g/mol. The van der Waals surface area contributed by atoms with Crippen molar-refractivity contribution in [2.24, 2.45) is 4.99 Å². The summed E-state index contributed by atoms with van der Waals surface area (Å²) in [6, 6.07) is 8.39. The highest BCUT2D eigenvalue weighted by molar-refractivity contribution is 14.0. The van der Waals surface area contributed by atoms with Crippen LogP contribution in [0.1, 0.15) is 57.4 Å². The molecule has 0 amide bonds. The number of guanidine groups is 1. The number of nitrogens with one attached hydrogen (secondary N) is 2. The molecule has 0 aliphatic rings. The van der Waals surface area contributed by atoms with E-state index in [1.165, 1.54) is 11.1 Å². The molecule has 6 nitrogen and oxygen atoms in total. The third-order valence-electron chi connectivity index (χ3n) is 3.99. The molecule has 28 heavy (non-hydrogen) atoms. The minimum absolute atomic E-state index is 0. The van der Waals surface area contributed by atoms with Crippen LogP contribution in [0.2, 0.25) is 0 Å². The third-order valence-corrected chi connectivity index (χ3v) is 3.99. The Morgan fingerprint density at radius 3 is 2.25 bits per heavy atom. The Bertz CT molecular complexity index is 734. The lowest BCUT2D eigenvalue weighted by Crippen LogP contribution is -2.36. The number of hydrogen-bond donors (Lipinski definition) is 2. The van der Waals surface area contributed by atoms with Gasteiger partial charge in [0.25, 0.3) is 0 Å². The predicted molar refractivity (Wildman–Crippen MR) is 124 cm³/mol. The first kappa shape index (κ1) is 24.4. The maximum atomic E-state index is 5.79. The number of halogens is 1. The van der Waals surface area contributed by atoms with Crippen molar-refractivity contribution in [3.63, 3.8) is 0 Å². The number of nitrogens with zero attached hydrogens (tertiary/aromatic N) is 2. The number of oxazole rings is 1. The second-order valence-electron chi connectivity index (χ2n) is 7.82. The van der Waals surface area contributed by atoms with Crippen LogP contribution in [-0.4, -0.2) is 24.1 Å². The number of aromatic nitrogens is 1. The van der Waals surface area contributed by atoms with Crippen LogP contribution in [0, 0.1) is 0 Å². The Balaban J connectivity index is 0.00000392. The van der Waals surface area contributed by atoms with Gasteiger partial charge in [0.15, 0.2) is 5.96 Å². The van der Waals surface area contributed by atoms with Gasteiger partial charge in [-0.2, -0.15) is 0 Å². The molecule has 0 fully saturated rings. The van der Waals surface area contributed by atoms with Crippen LogP contribution < -0.4 is 10.6 Å². The van der Waals surface area contributed by atoms with Gasteiger partial charge in [-0.05, 0) is 25.0 Å². The first-order valence-electron chi connectivity index (χ1n) is 9.37. The minimum Gasteiger partial charge on any atom is -0.443 e. The van der Waals surface area contributed by atoms with E-state index in [1.54, 1.807) is 13.2 Å². The smallest absolute Gasteiger partial charge is 0.213 e. The quantitative estimate of drug-likeness (QED) is 0.336. The van der Waals surface area contributed by atoms with E-state index in [9.17, 15) is 0 Å². The molecule has 2 aromatic rings. The van der Waals surface area contributed by atoms with Gasteiger partial charge in [-0.1, -0.05) is 45.0 Å². The number of rotatable bonds is 7. The van der Waals surface area contributed by atoms with Gasteiger partial charge in [0.2, 0.25) is 5.89 Å². The molecule has 0 unspecified atom stereocenters. The predicted octanol–water partition coefficient (Wildman–Crippen LogP) is 4.38.